The summed E-state index contributed by atoms with van der Waals surface area (Å²) in [5, 5.41) is 0. The monoisotopic (exact) mass is 193 g/mol. The van der Waals surface area contributed by atoms with Gasteiger partial charge in [0, 0.05) is 7.05 Å². The average molecular weight is 193 g/mol. The molecule has 3 nitrogen and oxygen atoms in total. The number of likely N-dealkylation sites (N-methyl/N-ethyl adjacent to an activating group) is 1. The first-order valence-electron chi connectivity index (χ1n) is 5.78. The number of guanidine groups is 1. The molecule has 2 N–H and O–H groups in total. The van der Waals surface area contributed by atoms with Crippen molar-refractivity contribution in [2.45, 2.75) is 31.7 Å². The highest BCUT2D eigenvalue weighted by Crippen LogP contribution is 2.50. The van der Waals surface area contributed by atoms with Crippen LogP contribution >= 0.6 is 0 Å². The molecule has 0 amide bonds. The van der Waals surface area contributed by atoms with E-state index in [1.165, 1.54) is 25.7 Å². The molecule has 4 unspecified atom stereocenters. The standard InChI is InChI=1S/C11H19N3/c1-14-10(6-13-11(14)12)9-5-7-2-3-8(9)4-7/h7-10H,2-6H2,1H3,(H2,12,13). The van der Waals surface area contributed by atoms with Crippen LogP contribution < -0.4 is 5.73 Å². The molecule has 3 aliphatic rings. The third kappa shape index (κ3) is 1.07. The Morgan fingerprint density at radius 1 is 1.36 bits per heavy atom. The smallest absolute Gasteiger partial charge is 0.191 e. The molecule has 0 spiro atoms. The maximum Gasteiger partial charge on any atom is 0.191 e. The number of nitrogens with two attached hydrogens (primary N) is 1. The van der Waals surface area contributed by atoms with Crippen LogP contribution in [0.15, 0.2) is 4.99 Å². The van der Waals surface area contributed by atoms with E-state index in [0.717, 1.165) is 30.3 Å². The van der Waals surface area contributed by atoms with Gasteiger partial charge < -0.3 is 10.6 Å². The summed E-state index contributed by atoms with van der Waals surface area (Å²) in [7, 11) is 2.10. The molecule has 2 aliphatic carbocycles. The second-order valence-electron chi connectivity index (χ2n) is 5.22. The number of hydrogen-bond donors (Lipinski definition) is 1. The molecule has 0 aromatic heterocycles. The Morgan fingerprint density at radius 2 is 2.21 bits per heavy atom. The minimum Gasteiger partial charge on any atom is -0.370 e. The van der Waals surface area contributed by atoms with Crippen molar-refractivity contribution in [3.05, 3.63) is 0 Å². The summed E-state index contributed by atoms with van der Waals surface area (Å²) < 4.78 is 0. The molecule has 4 atom stereocenters. The molecule has 3 rings (SSSR count). The molecule has 0 saturated heterocycles. The van der Waals surface area contributed by atoms with Crippen LogP contribution in [0.4, 0.5) is 0 Å². The predicted octanol–water partition coefficient (Wildman–Crippen LogP) is 1.05. The van der Waals surface area contributed by atoms with Gasteiger partial charge in [-0.25, -0.2) is 0 Å². The van der Waals surface area contributed by atoms with Gasteiger partial charge >= 0.3 is 0 Å². The van der Waals surface area contributed by atoms with Crippen LogP contribution in [0.1, 0.15) is 25.7 Å². The van der Waals surface area contributed by atoms with Gasteiger partial charge in [0.1, 0.15) is 0 Å². The Kier molecular flexibility index (Phi) is 1.76. The van der Waals surface area contributed by atoms with Gasteiger partial charge in [0.05, 0.1) is 12.6 Å². The highest BCUT2D eigenvalue weighted by molar-refractivity contribution is 5.79. The average Bonchev–Trinajstić information content (AvgIpc) is 2.84. The Bertz CT molecular complexity index is 274. The number of fused-ring (bicyclic) bond motifs is 2. The van der Waals surface area contributed by atoms with E-state index < -0.39 is 0 Å². The lowest BCUT2D eigenvalue weighted by molar-refractivity contribution is 0.207. The first-order chi connectivity index (χ1) is 6.75. The molecule has 3 heteroatoms. The van der Waals surface area contributed by atoms with Crippen LogP contribution in [0.5, 0.6) is 0 Å². The summed E-state index contributed by atoms with van der Waals surface area (Å²) in [5.41, 5.74) is 5.81. The molecule has 2 bridgehead atoms. The first-order valence-corrected chi connectivity index (χ1v) is 5.78. The van der Waals surface area contributed by atoms with Crippen molar-refractivity contribution < 1.29 is 0 Å². The summed E-state index contributed by atoms with van der Waals surface area (Å²) in [6.45, 7) is 0.941. The quantitative estimate of drug-likeness (QED) is 0.676. The van der Waals surface area contributed by atoms with Crippen LogP contribution in [0.25, 0.3) is 0 Å². The van der Waals surface area contributed by atoms with Crippen molar-refractivity contribution >= 4 is 5.96 Å². The van der Waals surface area contributed by atoms with E-state index in [9.17, 15) is 0 Å². The van der Waals surface area contributed by atoms with Crippen molar-refractivity contribution in [2.24, 2.45) is 28.5 Å². The minimum absolute atomic E-state index is 0.616. The molecule has 14 heavy (non-hydrogen) atoms. The lowest BCUT2D eigenvalue weighted by atomic mass is 9.83. The van der Waals surface area contributed by atoms with Crippen molar-refractivity contribution in [3.8, 4) is 0 Å². The second-order valence-corrected chi connectivity index (χ2v) is 5.22. The third-order valence-corrected chi connectivity index (χ3v) is 4.59. The van der Waals surface area contributed by atoms with E-state index in [4.69, 9.17) is 5.73 Å². The molecular weight excluding hydrogens is 174 g/mol. The van der Waals surface area contributed by atoms with Crippen molar-refractivity contribution in [3.63, 3.8) is 0 Å². The number of hydrogen-bond acceptors (Lipinski definition) is 3. The van der Waals surface area contributed by atoms with Crippen LogP contribution in [-0.2, 0) is 0 Å². The van der Waals surface area contributed by atoms with E-state index in [1.54, 1.807) is 0 Å². The Morgan fingerprint density at radius 3 is 2.71 bits per heavy atom. The summed E-state index contributed by atoms with van der Waals surface area (Å²) >= 11 is 0. The molecule has 0 radical (unpaired) electrons. The van der Waals surface area contributed by atoms with E-state index in [-0.39, 0.29) is 0 Å². The maximum atomic E-state index is 5.81. The molecule has 1 heterocycles. The Hall–Kier alpha value is -0.730. The molecule has 0 aromatic rings. The van der Waals surface area contributed by atoms with Gasteiger partial charge in [-0.1, -0.05) is 6.42 Å². The third-order valence-electron chi connectivity index (χ3n) is 4.59. The van der Waals surface area contributed by atoms with E-state index in [1.807, 2.05) is 0 Å². The molecule has 0 aromatic carbocycles. The summed E-state index contributed by atoms with van der Waals surface area (Å²) in [5.74, 6) is 3.63. The summed E-state index contributed by atoms with van der Waals surface area (Å²) in [6.07, 6.45) is 5.85. The van der Waals surface area contributed by atoms with E-state index in [0.29, 0.717) is 6.04 Å². The highest BCUT2D eigenvalue weighted by Gasteiger charge is 2.45. The predicted molar refractivity (Wildman–Crippen MR) is 57.0 cm³/mol. The zero-order chi connectivity index (χ0) is 9.71. The fourth-order valence-electron chi connectivity index (χ4n) is 3.78. The minimum atomic E-state index is 0.616. The number of aliphatic imine (C=N–C) groups is 1. The Balaban J connectivity index is 1.73. The summed E-state index contributed by atoms with van der Waals surface area (Å²) in [6, 6.07) is 0.616. The Labute approximate surface area is 85.4 Å². The van der Waals surface area contributed by atoms with Crippen molar-refractivity contribution in [1.29, 1.82) is 0 Å². The van der Waals surface area contributed by atoms with Gasteiger partial charge in [0.25, 0.3) is 0 Å². The number of rotatable bonds is 1. The topological polar surface area (TPSA) is 41.6 Å². The van der Waals surface area contributed by atoms with Gasteiger partial charge in [-0.2, -0.15) is 0 Å². The van der Waals surface area contributed by atoms with E-state index in [2.05, 4.69) is 16.9 Å². The van der Waals surface area contributed by atoms with Crippen LogP contribution in [0.2, 0.25) is 0 Å². The molecule has 1 aliphatic heterocycles. The zero-order valence-corrected chi connectivity index (χ0v) is 8.82. The second kappa shape index (κ2) is 2.88. The van der Waals surface area contributed by atoms with Crippen LogP contribution in [0, 0.1) is 17.8 Å². The maximum absolute atomic E-state index is 5.81. The van der Waals surface area contributed by atoms with Gasteiger partial charge in [-0.05, 0) is 37.0 Å². The lowest BCUT2D eigenvalue weighted by Gasteiger charge is -2.32. The largest absolute Gasteiger partial charge is 0.370 e. The van der Waals surface area contributed by atoms with Gasteiger partial charge in [-0.3, -0.25) is 4.99 Å². The van der Waals surface area contributed by atoms with Crippen LogP contribution in [-0.4, -0.2) is 30.5 Å². The normalized spacial score (nSPS) is 46.1. The highest BCUT2D eigenvalue weighted by atomic mass is 15.3. The molecular formula is C11H19N3. The van der Waals surface area contributed by atoms with Crippen molar-refractivity contribution in [2.75, 3.05) is 13.6 Å². The number of nitrogens with zero attached hydrogens (tertiary/aromatic N) is 2. The van der Waals surface area contributed by atoms with Crippen LogP contribution in [0.3, 0.4) is 0 Å². The fraction of sp³-hybridized carbons (Fsp3) is 0.909. The summed E-state index contributed by atoms with van der Waals surface area (Å²) in [4.78, 5) is 6.55. The van der Waals surface area contributed by atoms with Crippen molar-refractivity contribution in [1.82, 2.24) is 4.90 Å². The fourth-order valence-corrected chi connectivity index (χ4v) is 3.78. The molecule has 2 saturated carbocycles. The zero-order valence-electron chi connectivity index (χ0n) is 8.82. The SMILES string of the molecule is CN1C(N)=NCC1C1CC2CCC1C2. The van der Waals surface area contributed by atoms with Gasteiger partial charge in [-0.15, -0.1) is 0 Å². The first kappa shape index (κ1) is 8.57. The van der Waals surface area contributed by atoms with E-state index >= 15 is 0 Å². The van der Waals surface area contributed by atoms with Gasteiger partial charge in [0.15, 0.2) is 5.96 Å². The lowest BCUT2D eigenvalue weighted by Crippen LogP contribution is -2.43. The van der Waals surface area contributed by atoms with Gasteiger partial charge in [0.2, 0.25) is 0 Å². The molecule has 2 fully saturated rings. The molecule has 78 valence electrons.